The van der Waals surface area contributed by atoms with Crippen LogP contribution in [-0.2, 0) is 14.3 Å². The SMILES string of the molecule is CCCCOC(=O)C(C(C)=O)C(C)(C)C(Cl)CC(Cl)(Cl)Cl. The smallest absolute Gasteiger partial charge is 0.317 e. The lowest BCUT2D eigenvalue weighted by Gasteiger charge is -2.36. The van der Waals surface area contributed by atoms with Gasteiger partial charge < -0.3 is 4.74 Å². The fourth-order valence-corrected chi connectivity index (χ4v) is 3.10. The van der Waals surface area contributed by atoms with Gasteiger partial charge in [-0.1, -0.05) is 62.0 Å². The molecule has 0 bridgehead atoms. The van der Waals surface area contributed by atoms with Crippen LogP contribution in [0.5, 0.6) is 0 Å². The van der Waals surface area contributed by atoms with Crippen LogP contribution in [0.3, 0.4) is 0 Å². The predicted molar refractivity (Wildman–Crippen MR) is 88.4 cm³/mol. The molecule has 0 heterocycles. The molecule has 0 aromatic rings. The van der Waals surface area contributed by atoms with Crippen molar-refractivity contribution in [2.75, 3.05) is 6.61 Å². The summed E-state index contributed by atoms with van der Waals surface area (Å²) in [6.07, 6.45) is 1.67. The maximum Gasteiger partial charge on any atom is 0.317 e. The van der Waals surface area contributed by atoms with E-state index in [1.54, 1.807) is 13.8 Å². The van der Waals surface area contributed by atoms with Crippen LogP contribution < -0.4 is 0 Å². The molecule has 0 aliphatic rings. The molecule has 0 saturated carbocycles. The number of alkyl halides is 4. The van der Waals surface area contributed by atoms with Crippen molar-refractivity contribution in [1.82, 2.24) is 0 Å². The summed E-state index contributed by atoms with van der Waals surface area (Å²) in [7, 11) is 0. The highest BCUT2D eigenvalue weighted by molar-refractivity contribution is 6.67. The Morgan fingerprint density at radius 1 is 1.19 bits per heavy atom. The van der Waals surface area contributed by atoms with E-state index in [4.69, 9.17) is 51.1 Å². The zero-order valence-electron chi connectivity index (χ0n) is 12.7. The average molecular weight is 380 g/mol. The minimum Gasteiger partial charge on any atom is -0.465 e. The first kappa shape index (κ1) is 21.3. The number of hydrogen-bond donors (Lipinski definition) is 0. The maximum absolute atomic E-state index is 12.2. The van der Waals surface area contributed by atoms with Crippen LogP contribution in [0.2, 0.25) is 0 Å². The van der Waals surface area contributed by atoms with Gasteiger partial charge in [-0.05, 0) is 13.3 Å². The molecular weight excluding hydrogens is 358 g/mol. The van der Waals surface area contributed by atoms with Crippen molar-refractivity contribution >= 4 is 58.2 Å². The summed E-state index contributed by atoms with van der Waals surface area (Å²) in [5.74, 6) is -1.86. The number of halogens is 4. The zero-order chi connectivity index (χ0) is 16.8. The van der Waals surface area contributed by atoms with Gasteiger partial charge in [-0.3, -0.25) is 9.59 Å². The van der Waals surface area contributed by atoms with Crippen LogP contribution in [0.4, 0.5) is 0 Å². The van der Waals surface area contributed by atoms with Crippen LogP contribution in [-0.4, -0.2) is 27.5 Å². The van der Waals surface area contributed by atoms with E-state index in [0.717, 1.165) is 12.8 Å². The van der Waals surface area contributed by atoms with E-state index in [2.05, 4.69) is 0 Å². The molecule has 124 valence electrons. The summed E-state index contributed by atoms with van der Waals surface area (Å²) < 4.78 is 3.61. The molecule has 0 spiro atoms. The highest BCUT2D eigenvalue weighted by atomic mass is 35.6. The molecule has 0 aliphatic heterocycles. The molecular formula is C14H22Cl4O3. The lowest BCUT2D eigenvalue weighted by molar-refractivity contribution is -0.156. The lowest BCUT2D eigenvalue weighted by Crippen LogP contribution is -2.44. The Kier molecular flexibility index (Phi) is 8.93. The van der Waals surface area contributed by atoms with E-state index in [0.29, 0.717) is 0 Å². The van der Waals surface area contributed by atoms with Gasteiger partial charge in [-0.15, -0.1) is 11.6 Å². The van der Waals surface area contributed by atoms with Crippen molar-refractivity contribution in [2.24, 2.45) is 11.3 Å². The number of ketones is 1. The number of unbranched alkanes of at least 4 members (excludes halogenated alkanes) is 1. The van der Waals surface area contributed by atoms with Gasteiger partial charge in [0.05, 0.1) is 6.61 Å². The first-order valence-corrected chi connectivity index (χ1v) is 8.38. The van der Waals surface area contributed by atoms with Crippen LogP contribution in [0.1, 0.15) is 47.0 Å². The largest absolute Gasteiger partial charge is 0.465 e. The summed E-state index contributed by atoms with van der Waals surface area (Å²) in [5, 5.41) is -0.669. The zero-order valence-corrected chi connectivity index (χ0v) is 15.7. The van der Waals surface area contributed by atoms with Crippen molar-refractivity contribution in [1.29, 1.82) is 0 Å². The molecule has 3 nitrogen and oxygen atoms in total. The first-order chi connectivity index (χ1) is 9.43. The number of Topliss-reactive ketones (excluding diaryl/α,β-unsaturated/α-hetero) is 1. The average Bonchev–Trinajstić information content (AvgIpc) is 2.25. The minimum atomic E-state index is -1.54. The monoisotopic (exact) mass is 378 g/mol. The minimum absolute atomic E-state index is 0.0260. The van der Waals surface area contributed by atoms with Crippen molar-refractivity contribution < 1.29 is 14.3 Å². The Morgan fingerprint density at radius 2 is 1.71 bits per heavy atom. The summed E-state index contributed by atoms with van der Waals surface area (Å²) in [5.41, 5.74) is -0.888. The van der Waals surface area contributed by atoms with Gasteiger partial charge in [-0.25, -0.2) is 0 Å². The molecule has 0 radical (unpaired) electrons. The number of hydrogen-bond acceptors (Lipinski definition) is 3. The molecule has 0 saturated heterocycles. The van der Waals surface area contributed by atoms with Gasteiger partial charge in [0.2, 0.25) is 0 Å². The second-order valence-electron chi connectivity index (χ2n) is 5.67. The summed E-state index contributed by atoms with van der Waals surface area (Å²) >= 11 is 23.5. The summed E-state index contributed by atoms with van der Waals surface area (Å²) in [6, 6.07) is 0. The van der Waals surface area contributed by atoms with Gasteiger partial charge in [0.1, 0.15) is 11.7 Å². The summed E-state index contributed by atoms with van der Waals surface area (Å²) in [4.78, 5) is 24.1. The van der Waals surface area contributed by atoms with Gasteiger partial charge in [0.25, 0.3) is 0 Å². The molecule has 2 atom stereocenters. The molecule has 0 aromatic carbocycles. The predicted octanol–water partition coefficient (Wildman–Crippen LogP) is 4.93. The molecule has 0 fully saturated rings. The molecule has 0 rings (SSSR count). The third kappa shape index (κ3) is 7.40. The topological polar surface area (TPSA) is 43.4 Å². The first-order valence-electron chi connectivity index (χ1n) is 6.81. The normalized spacial score (nSPS) is 15.4. The van der Waals surface area contributed by atoms with E-state index < -0.39 is 26.5 Å². The van der Waals surface area contributed by atoms with Gasteiger partial charge in [0.15, 0.2) is 3.79 Å². The van der Waals surface area contributed by atoms with Crippen molar-refractivity contribution in [3.63, 3.8) is 0 Å². The van der Waals surface area contributed by atoms with E-state index >= 15 is 0 Å². The Labute approximate surface area is 146 Å². The quantitative estimate of drug-likeness (QED) is 0.260. The van der Waals surface area contributed by atoms with E-state index in [1.165, 1.54) is 6.92 Å². The Bertz CT molecular complexity index is 364. The third-order valence-electron chi connectivity index (χ3n) is 3.35. The second-order valence-corrected chi connectivity index (χ2v) is 8.72. The van der Waals surface area contributed by atoms with E-state index in [-0.39, 0.29) is 18.8 Å². The summed E-state index contributed by atoms with van der Waals surface area (Å²) in [6.45, 7) is 7.01. The second kappa shape index (κ2) is 8.81. The molecule has 0 N–H and O–H groups in total. The third-order valence-corrected chi connectivity index (χ3v) is 4.53. The standard InChI is InChI=1S/C14H22Cl4O3/c1-5-6-7-21-12(20)11(9(2)19)13(3,4)10(15)8-14(16,17)18/h10-11H,5-8H2,1-4H3. The van der Waals surface area contributed by atoms with Crippen LogP contribution in [0, 0.1) is 11.3 Å². The van der Waals surface area contributed by atoms with E-state index in [1.807, 2.05) is 6.92 Å². The number of ether oxygens (including phenoxy) is 1. The Hall–Kier alpha value is 0.300. The number of carbonyl (C=O) groups excluding carboxylic acids is 2. The fraction of sp³-hybridized carbons (Fsp3) is 0.857. The fourth-order valence-electron chi connectivity index (χ4n) is 2.04. The highest BCUT2D eigenvalue weighted by Gasteiger charge is 2.46. The molecule has 0 aromatic heterocycles. The van der Waals surface area contributed by atoms with E-state index in [9.17, 15) is 9.59 Å². The molecule has 0 amide bonds. The van der Waals surface area contributed by atoms with Gasteiger partial charge in [-0.2, -0.15) is 0 Å². The highest BCUT2D eigenvalue weighted by Crippen LogP contribution is 2.43. The molecule has 7 heteroatoms. The van der Waals surface area contributed by atoms with Crippen molar-refractivity contribution in [2.45, 2.75) is 56.1 Å². The molecule has 2 unspecified atom stereocenters. The van der Waals surface area contributed by atoms with Gasteiger partial charge >= 0.3 is 5.97 Å². The van der Waals surface area contributed by atoms with Gasteiger partial charge in [0, 0.05) is 17.2 Å². The molecule has 21 heavy (non-hydrogen) atoms. The van der Waals surface area contributed by atoms with Crippen molar-refractivity contribution in [3.8, 4) is 0 Å². The van der Waals surface area contributed by atoms with Crippen LogP contribution in [0.25, 0.3) is 0 Å². The number of rotatable bonds is 8. The molecule has 0 aliphatic carbocycles. The van der Waals surface area contributed by atoms with Crippen LogP contribution in [0.15, 0.2) is 0 Å². The Morgan fingerprint density at radius 3 is 2.10 bits per heavy atom. The number of esters is 1. The van der Waals surface area contributed by atoms with Crippen LogP contribution >= 0.6 is 46.4 Å². The Balaban J connectivity index is 5.07. The lowest BCUT2D eigenvalue weighted by atomic mass is 9.73. The maximum atomic E-state index is 12.2. The number of carbonyl (C=O) groups is 2. The van der Waals surface area contributed by atoms with Crippen molar-refractivity contribution in [3.05, 3.63) is 0 Å².